The number of hydrogen-bond donors (Lipinski definition) is 1. The summed E-state index contributed by atoms with van der Waals surface area (Å²) in [6, 6.07) is 13.8. The first-order valence-electron chi connectivity index (χ1n) is 9.51. The lowest BCUT2D eigenvalue weighted by Gasteiger charge is -2.35. The molecule has 6 heteroatoms. The van der Waals surface area contributed by atoms with Crippen molar-refractivity contribution in [1.82, 2.24) is 15.2 Å². The van der Waals surface area contributed by atoms with E-state index in [9.17, 15) is 4.79 Å². The molecular weight excluding hydrogens is 340 g/mol. The average Bonchev–Trinajstić information content (AvgIpc) is 2.69. The Balaban J connectivity index is 1.46. The van der Waals surface area contributed by atoms with Crippen LogP contribution in [0.1, 0.15) is 32.3 Å². The predicted molar refractivity (Wildman–Crippen MR) is 107 cm³/mol. The number of rotatable bonds is 5. The number of carbonyl (C=O) groups excluding carboxylic acids is 1. The van der Waals surface area contributed by atoms with Gasteiger partial charge in [-0.1, -0.05) is 32.0 Å². The molecule has 1 unspecified atom stereocenters. The van der Waals surface area contributed by atoms with E-state index in [1.54, 1.807) is 6.20 Å². The first-order valence-corrected chi connectivity index (χ1v) is 9.51. The van der Waals surface area contributed by atoms with Crippen LogP contribution in [-0.4, -0.2) is 48.3 Å². The number of carbonyl (C=O) groups is 1. The quantitative estimate of drug-likeness (QED) is 0.821. The molecule has 1 atom stereocenters. The molecule has 1 saturated heterocycles. The number of ether oxygens (including phenoxy) is 1. The topological polar surface area (TPSA) is 57.7 Å². The third-order valence-electron chi connectivity index (χ3n) is 4.73. The summed E-state index contributed by atoms with van der Waals surface area (Å²) in [7, 11) is 0. The van der Waals surface area contributed by atoms with Crippen molar-refractivity contribution < 1.29 is 9.53 Å². The van der Waals surface area contributed by atoms with E-state index in [4.69, 9.17) is 4.74 Å². The average molecular weight is 368 g/mol. The summed E-state index contributed by atoms with van der Waals surface area (Å²) in [4.78, 5) is 20.9. The molecule has 2 aromatic rings. The molecule has 1 aliphatic rings. The van der Waals surface area contributed by atoms with Gasteiger partial charge < -0.3 is 19.9 Å². The summed E-state index contributed by atoms with van der Waals surface area (Å²) in [5.41, 5.74) is 1.27. The molecule has 1 fully saturated rings. The maximum absolute atomic E-state index is 12.5. The van der Waals surface area contributed by atoms with Crippen molar-refractivity contribution in [2.75, 3.05) is 31.1 Å². The number of pyridine rings is 1. The highest BCUT2D eigenvalue weighted by Crippen LogP contribution is 2.19. The smallest absolute Gasteiger partial charge is 0.320 e. The second kappa shape index (κ2) is 8.75. The van der Waals surface area contributed by atoms with Crippen molar-refractivity contribution >= 4 is 11.8 Å². The number of aromatic nitrogens is 1. The number of piperazine rings is 1. The van der Waals surface area contributed by atoms with Crippen molar-refractivity contribution in [3.63, 3.8) is 0 Å². The Morgan fingerprint density at radius 3 is 2.33 bits per heavy atom. The standard InChI is InChI=1S/C21H28N4O2/c1-16(2)18-7-9-19(10-8-18)27-17(3)23-21(26)25-14-12-24(13-15-25)20-6-4-5-11-22-20/h4-11,16-17H,12-15H2,1-3H3,(H,23,26). The lowest BCUT2D eigenvalue weighted by Crippen LogP contribution is -2.54. The molecule has 0 saturated carbocycles. The Morgan fingerprint density at radius 1 is 1.04 bits per heavy atom. The molecule has 6 nitrogen and oxygen atoms in total. The van der Waals surface area contributed by atoms with Crippen LogP contribution in [0.25, 0.3) is 0 Å². The third-order valence-corrected chi connectivity index (χ3v) is 4.73. The highest BCUT2D eigenvalue weighted by molar-refractivity contribution is 5.74. The molecule has 0 bridgehead atoms. The van der Waals surface area contributed by atoms with Gasteiger partial charge in [0.05, 0.1) is 0 Å². The molecular formula is C21H28N4O2. The van der Waals surface area contributed by atoms with Gasteiger partial charge in [-0.05, 0) is 42.7 Å². The minimum Gasteiger partial charge on any atom is -0.471 e. The Kier molecular flexibility index (Phi) is 6.16. The Labute approximate surface area is 161 Å². The van der Waals surface area contributed by atoms with Crippen molar-refractivity contribution in [2.24, 2.45) is 0 Å². The van der Waals surface area contributed by atoms with Crippen LogP contribution in [0.5, 0.6) is 5.75 Å². The normalized spacial score (nSPS) is 15.6. The van der Waals surface area contributed by atoms with Crippen LogP contribution >= 0.6 is 0 Å². The van der Waals surface area contributed by atoms with E-state index < -0.39 is 6.23 Å². The second-order valence-electron chi connectivity index (χ2n) is 7.10. The zero-order valence-corrected chi connectivity index (χ0v) is 16.3. The largest absolute Gasteiger partial charge is 0.471 e. The highest BCUT2D eigenvalue weighted by atomic mass is 16.5. The Morgan fingerprint density at radius 2 is 1.74 bits per heavy atom. The molecule has 1 aliphatic heterocycles. The number of nitrogens with zero attached hydrogens (tertiary/aromatic N) is 3. The molecule has 3 rings (SSSR count). The fourth-order valence-electron chi connectivity index (χ4n) is 3.11. The Bertz CT molecular complexity index is 726. The molecule has 27 heavy (non-hydrogen) atoms. The van der Waals surface area contributed by atoms with Crippen LogP contribution in [-0.2, 0) is 0 Å². The molecule has 144 valence electrons. The van der Waals surface area contributed by atoms with Gasteiger partial charge in [0.15, 0.2) is 6.23 Å². The number of benzene rings is 1. The zero-order valence-electron chi connectivity index (χ0n) is 16.3. The molecule has 1 aromatic heterocycles. The van der Waals surface area contributed by atoms with E-state index in [0.717, 1.165) is 24.7 Å². The fraction of sp³-hybridized carbons (Fsp3) is 0.429. The maximum atomic E-state index is 12.5. The van der Waals surface area contributed by atoms with E-state index in [-0.39, 0.29) is 6.03 Å². The van der Waals surface area contributed by atoms with E-state index in [1.165, 1.54) is 5.56 Å². The first-order chi connectivity index (χ1) is 13.0. The van der Waals surface area contributed by atoms with Crippen LogP contribution < -0.4 is 15.0 Å². The van der Waals surface area contributed by atoms with Gasteiger partial charge in [0, 0.05) is 32.4 Å². The predicted octanol–water partition coefficient (Wildman–Crippen LogP) is 3.46. The van der Waals surface area contributed by atoms with Gasteiger partial charge in [-0.2, -0.15) is 0 Å². The van der Waals surface area contributed by atoms with E-state index in [2.05, 4.69) is 41.2 Å². The highest BCUT2D eigenvalue weighted by Gasteiger charge is 2.23. The molecule has 0 aliphatic carbocycles. The monoisotopic (exact) mass is 368 g/mol. The molecule has 0 spiro atoms. The summed E-state index contributed by atoms with van der Waals surface area (Å²) < 4.78 is 5.82. The summed E-state index contributed by atoms with van der Waals surface area (Å²) in [6.45, 7) is 9.04. The fourth-order valence-corrected chi connectivity index (χ4v) is 3.11. The summed E-state index contributed by atoms with van der Waals surface area (Å²) in [5.74, 6) is 2.20. The van der Waals surface area contributed by atoms with E-state index in [1.807, 2.05) is 42.2 Å². The Hall–Kier alpha value is -2.76. The number of anilines is 1. The SMILES string of the molecule is CC(NC(=O)N1CCN(c2ccccn2)CC1)Oc1ccc(C(C)C)cc1. The van der Waals surface area contributed by atoms with Gasteiger partial charge in [0.25, 0.3) is 0 Å². The van der Waals surface area contributed by atoms with Gasteiger partial charge >= 0.3 is 6.03 Å². The van der Waals surface area contributed by atoms with Crippen molar-refractivity contribution in [3.05, 3.63) is 54.2 Å². The second-order valence-corrected chi connectivity index (χ2v) is 7.10. The number of amides is 2. The number of hydrogen-bond acceptors (Lipinski definition) is 4. The van der Waals surface area contributed by atoms with Gasteiger partial charge in [-0.25, -0.2) is 9.78 Å². The summed E-state index contributed by atoms with van der Waals surface area (Å²) >= 11 is 0. The third kappa shape index (κ3) is 5.12. The lowest BCUT2D eigenvalue weighted by molar-refractivity contribution is 0.151. The molecule has 1 aromatic carbocycles. The minimum atomic E-state index is -0.392. The van der Waals surface area contributed by atoms with Gasteiger partial charge in [0.2, 0.25) is 0 Å². The van der Waals surface area contributed by atoms with Crippen LogP contribution in [0.2, 0.25) is 0 Å². The molecule has 1 N–H and O–H groups in total. The summed E-state index contributed by atoms with van der Waals surface area (Å²) in [5, 5.41) is 2.92. The summed E-state index contributed by atoms with van der Waals surface area (Å²) in [6.07, 6.45) is 1.40. The van der Waals surface area contributed by atoms with Crippen LogP contribution in [0.4, 0.5) is 10.6 Å². The molecule has 2 heterocycles. The lowest BCUT2D eigenvalue weighted by atomic mass is 10.0. The van der Waals surface area contributed by atoms with Crippen LogP contribution in [0, 0.1) is 0 Å². The van der Waals surface area contributed by atoms with Gasteiger partial charge in [-0.15, -0.1) is 0 Å². The van der Waals surface area contributed by atoms with E-state index >= 15 is 0 Å². The molecule has 0 radical (unpaired) electrons. The van der Waals surface area contributed by atoms with Gasteiger partial charge in [-0.3, -0.25) is 0 Å². The van der Waals surface area contributed by atoms with Crippen molar-refractivity contribution in [1.29, 1.82) is 0 Å². The van der Waals surface area contributed by atoms with Gasteiger partial charge in [0.1, 0.15) is 11.6 Å². The molecule has 2 amide bonds. The number of nitrogens with one attached hydrogen (secondary N) is 1. The number of urea groups is 1. The van der Waals surface area contributed by atoms with Crippen molar-refractivity contribution in [2.45, 2.75) is 32.9 Å². The van der Waals surface area contributed by atoms with Crippen molar-refractivity contribution in [3.8, 4) is 5.75 Å². The van der Waals surface area contributed by atoms with E-state index in [0.29, 0.717) is 19.0 Å². The van der Waals surface area contributed by atoms with Crippen LogP contribution in [0.15, 0.2) is 48.7 Å². The zero-order chi connectivity index (χ0) is 19.2. The minimum absolute atomic E-state index is 0.0954. The van der Waals surface area contributed by atoms with Crippen LogP contribution in [0.3, 0.4) is 0 Å². The maximum Gasteiger partial charge on any atom is 0.320 e. The first kappa shape index (κ1) is 19.0.